The molecular formula is C12H16NO11P. The van der Waals surface area contributed by atoms with Gasteiger partial charge in [-0.25, -0.2) is 4.57 Å². The molecule has 0 unspecified atom stereocenters. The van der Waals surface area contributed by atoms with E-state index >= 15 is 0 Å². The van der Waals surface area contributed by atoms with Crippen LogP contribution in [-0.2, 0) is 13.8 Å². The maximum absolute atomic E-state index is 10.7. The highest BCUT2D eigenvalue weighted by Crippen LogP contribution is 2.37. The molecule has 2 rings (SSSR count). The van der Waals surface area contributed by atoms with E-state index in [1.165, 1.54) is 12.1 Å². The van der Waals surface area contributed by atoms with Crippen molar-refractivity contribution < 1.29 is 48.6 Å². The van der Waals surface area contributed by atoms with E-state index in [-0.39, 0.29) is 11.4 Å². The molecule has 1 aliphatic rings. The molecule has 1 heterocycles. The van der Waals surface area contributed by atoms with Crippen LogP contribution in [0.4, 0.5) is 5.69 Å². The van der Waals surface area contributed by atoms with E-state index in [1.807, 2.05) is 0 Å². The minimum Gasteiger partial charge on any atom is -0.462 e. The molecule has 140 valence electrons. The number of aliphatic hydroxyl groups is 3. The van der Waals surface area contributed by atoms with E-state index in [4.69, 9.17) is 19.3 Å². The van der Waals surface area contributed by atoms with Gasteiger partial charge in [0.15, 0.2) is 0 Å². The molecule has 0 amide bonds. The maximum Gasteiger partial charge on any atom is 0.469 e. The fraction of sp³-hybridized carbons (Fsp3) is 0.500. The quantitative estimate of drug-likeness (QED) is 0.228. The third kappa shape index (κ3) is 5.17. The molecule has 0 bridgehead atoms. The third-order valence-electron chi connectivity index (χ3n) is 3.38. The van der Waals surface area contributed by atoms with Gasteiger partial charge in [0.2, 0.25) is 6.29 Å². The molecule has 0 aromatic heterocycles. The van der Waals surface area contributed by atoms with Crippen LogP contribution >= 0.6 is 7.82 Å². The first-order valence-corrected chi connectivity index (χ1v) is 8.42. The number of hydrogen-bond donors (Lipinski definition) is 5. The fourth-order valence-electron chi connectivity index (χ4n) is 2.10. The molecule has 5 atom stereocenters. The molecule has 0 saturated carbocycles. The lowest BCUT2D eigenvalue weighted by atomic mass is 9.99. The number of aliphatic hydroxyl groups excluding tert-OH is 3. The Bertz CT molecular complexity index is 647. The molecule has 0 radical (unpaired) electrons. The van der Waals surface area contributed by atoms with Crippen LogP contribution in [0.2, 0.25) is 0 Å². The largest absolute Gasteiger partial charge is 0.469 e. The van der Waals surface area contributed by atoms with Gasteiger partial charge in [-0.3, -0.25) is 14.6 Å². The molecule has 12 nitrogen and oxygen atoms in total. The molecule has 13 heteroatoms. The molecular weight excluding hydrogens is 365 g/mol. The van der Waals surface area contributed by atoms with Crippen molar-refractivity contribution >= 4 is 13.5 Å². The molecule has 25 heavy (non-hydrogen) atoms. The van der Waals surface area contributed by atoms with Gasteiger partial charge in [-0.2, -0.15) is 0 Å². The van der Waals surface area contributed by atoms with Crippen molar-refractivity contribution in [2.45, 2.75) is 30.7 Å². The summed E-state index contributed by atoms with van der Waals surface area (Å²) in [5.41, 5.74) is -0.194. The predicted octanol–water partition coefficient (Wildman–Crippen LogP) is -1.11. The Balaban J connectivity index is 2.07. The Labute approximate surface area is 140 Å². The van der Waals surface area contributed by atoms with Crippen LogP contribution < -0.4 is 4.74 Å². The SMILES string of the molecule is O=[N+]([O-])c1ccc(O[C@@H]2O[C@H](COP(=O)(O)O)[C@H](O)[C@@H](O)[C@H]2O)cc1. The average Bonchev–Trinajstić information content (AvgIpc) is 2.54. The minimum absolute atomic E-state index is 0.0629. The van der Waals surface area contributed by atoms with E-state index in [1.54, 1.807) is 0 Å². The first-order valence-electron chi connectivity index (χ1n) is 6.89. The van der Waals surface area contributed by atoms with E-state index < -0.39 is 50.1 Å². The lowest BCUT2D eigenvalue weighted by Gasteiger charge is -2.40. The number of nitro benzene ring substituents is 1. The monoisotopic (exact) mass is 381 g/mol. The van der Waals surface area contributed by atoms with Crippen molar-refractivity contribution in [3.05, 3.63) is 34.4 Å². The van der Waals surface area contributed by atoms with E-state index in [0.717, 1.165) is 12.1 Å². The normalized spacial score (nSPS) is 30.0. The molecule has 1 fully saturated rings. The molecule has 5 N–H and O–H groups in total. The lowest BCUT2D eigenvalue weighted by Crippen LogP contribution is -2.60. The molecule has 1 aliphatic heterocycles. The van der Waals surface area contributed by atoms with Gasteiger partial charge in [0.25, 0.3) is 5.69 Å². The predicted molar refractivity (Wildman–Crippen MR) is 78.4 cm³/mol. The Morgan fingerprint density at radius 2 is 1.72 bits per heavy atom. The summed E-state index contributed by atoms with van der Waals surface area (Å²) in [5, 5.41) is 40.1. The van der Waals surface area contributed by atoms with Crippen LogP contribution in [0.15, 0.2) is 24.3 Å². The first kappa shape index (κ1) is 19.7. The van der Waals surface area contributed by atoms with Gasteiger partial charge in [-0.05, 0) is 12.1 Å². The minimum atomic E-state index is -4.84. The zero-order chi connectivity index (χ0) is 18.8. The Hall–Kier alpha value is -1.63. The number of rotatable bonds is 6. The van der Waals surface area contributed by atoms with Crippen molar-refractivity contribution in [3.8, 4) is 5.75 Å². The summed E-state index contributed by atoms with van der Waals surface area (Å²) in [4.78, 5) is 27.3. The van der Waals surface area contributed by atoms with Crippen LogP contribution in [-0.4, -0.2) is 67.3 Å². The number of phosphoric acid groups is 1. The Morgan fingerprint density at radius 1 is 1.12 bits per heavy atom. The van der Waals surface area contributed by atoms with Gasteiger partial charge in [0, 0.05) is 12.1 Å². The average molecular weight is 381 g/mol. The number of ether oxygens (including phenoxy) is 2. The second kappa shape index (κ2) is 7.72. The fourth-order valence-corrected chi connectivity index (χ4v) is 2.44. The molecule has 0 aliphatic carbocycles. The first-order chi connectivity index (χ1) is 11.6. The van der Waals surface area contributed by atoms with Crippen LogP contribution in [0.3, 0.4) is 0 Å². The highest BCUT2D eigenvalue weighted by Gasteiger charge is 2.45. The van der Waals surface area contributed by atoms with Crippen LogP contribution in [0, 0.1) is 10.1 Å². The topological polar surface area (TPSA) is 189 Å². The smallest absolute Gasteiger partial charge is 0.462 e. The lowest BCUT2D eigenvalue weighted by molar-refractivity contribution is -0.384. The zero-order valence-electron chi connectivity index (χ0n) is 12.5. The Kier molecular flexibility index (Phi) is 6.08. The summed E-state index contributed by atoms with van der Waals surface area (Å²) >= 11 is 0. The van der Waals surface area contributed by atoms with Crippen molar-refractivity contribution in [1.29, 1.82) is 0 Å². The van der Waals surface area contributed by atoms with Gasteiger partial charge < -0.3 is 34.6 Å². The van der Waals surface area contributed by atoms with Crippen molar-refractivity contribution in [2.75, 3.05) is 6.61 Å². The highest BCUT2D eigenvalue weighted by atomic mass is 31.2. The van der Waals surface area contributed by atoms with Crippen molar-refractivity contribution in [1.82, 2.24) is 0 Å². The molecule has 0 spiro atoms. The third-order valence-corrected chi connectivity index (χ3v) is 3.86. The van der Waals surface area contributed by atoms with Gasteiger partial charge in [-0.1, -0.05) is 0 Å². The zero-order valence-corrected chi connectivity index (χ0v) is 13.4. The number of benzene rings is 1. The van der Waals surface area contributed by atoms with E-state index in [2.05, 4.69) is 4.52 Å². The molecule has 1 aromatic rings. The number of nitrogens with zero attached hydrogens (tertiary/aromatic N) is 1. The standard InChI is InChI=1S/C12H16NO11P/c14-9-8(5-22-25(19,20)21)24-12(11(16)10(9)15)23-7-3-1-6(2-4-7)13(17)18/h1-4,8-12,14-16H,5H2,(H2,19,20,21)/t8-,9+,10-,11-,12-/m1/s1. The van der Waals surface area contributed by atoms with E-state index in [9.17, 15) is 30.0 Å². The molecule has 1 aromatic carbocycles. The summed E-state index contributed by atoms with van der Waals surface area (Å²) in [6.07, 6.45) is -8.00. The van der Waals surface area contributed by atoms with Gasteiger partial charge in [0.1, 0.15) is 30.2 Å². The number of non-ortho nitro benzene ring substituents is 1. The van der Waals surface area contributed by atoms with Crippen molar-refractivity contribution in [3.63, 3.8) is 0 Å². The summed E-state index contributed by atoms with van der Waals surface area (Å²) < 4.78 is 25.4. The van der Waals surface area contributed by atoms with Gasteiger partial charge >= 0.3 is 7.82 Å². The second-order valence-corrected chi connectivity index (χ2v) is 6.41. The number of phosphoric ester groups is 1. The van der Waals surface area contributed by atoms with Crippen LogP contribution in [0.1, 0.15) is 0 Å². The van der Waals surface area contributed by atoms with E-state index in [0.29, 0.717) is 0 Å². The van der Waals surface area contributed by atoms with Crippen molar-refractivity contribution in [2.24, 2.45) is 0 Å². The summed E-state index contributed by atoms with van der Waals surface area (Å²) in [5.74, 6) is 0.0629. The van der Waals surface area contributed by atoms with Gasteiger partial charge in [-0.15, -0.1) is 0 Å². The number of nitro groups is 1. The summed E-state index contributed by atoms with van der Waals surface area (Å²) in [7, 11) is -4.84. The maximum atomic E-state index is 10.7. The highest BCUT2D eigenvalue weighted by molar-refractivity contribution is 7.46. The van der Waals surface area contributed by atoms with Crippen LogP contribution in [0.25, 0.3) is 0 Å². The van der Waals surface area contributed by atoms with Crippen LogP contribution in [0.5, 0.6) is 5.75 Å². The summed E-state index contributed by atoms with van der Waals surface area (Å²) in [6.45, 7) is -0.769. The second-order valence-electron chi connectivity index (χ2n) is 5.17. The van der Waals surface area contributed by atoms with Gasteiger partial charge in [0.05, 0.1) is 11.5 Å². The number of hydrogen-bond acceptors (Lipinski definition) is 9. The Morgan fingerprint density at radius 3 is 2.24 bits per heavy atom. The summed E-state index contributed by atoms with van der Waals surface area (Å²) in [6, 6.07) is 4.74. The molecule has 1 saturated heterocycles.